The van der Waals surface area contributed by atoms with Gasteiger partial charge in [-0.3, -0.25) is 9.59 Å². The molecule has 0 aromatic carbocycles. The van der Waals surface area contributed by atoms with Crippen LogP contribution in [0.5, 0.6) is 0 Å². The van der Waals surface area contributed by atoms with E-state index in [9.17, 15) is 9.59 Å². The van der Waals surface area contributed by atoms with Crippen LogP contribution in [-0.4, -0.2) is 11.8 Å². The molecule has 0 aliphatic heterocycles. The van der Waals surface area contributed by atoms with E-state index in [1.165, 1.54) is 0 Å². The quantitative estimate of drug-likeness (QED) is 0.679. The first-order valence-electron chi connectivity index (χ1n) is 5.80. The van der Waals surface area contributed by atoms with Gasteiger partial charge in [-0.2, -0.15) is 0 Å². The van der Waals surface area contributed by atoms with Crippen LogP contribution in [-0.2, 0) is 9.59 Å². The largest absolute Gasteiger partial charge is 0.369 e. The smallest absolute Gasteiger partial charge is 0.233 e. The van der Waals surface area contributed by atoms with Crippen molar-refractivity contribution < 1.29 is 9.59 Å². The molecule has 90 valence electrons. The number of carbonyl (C=O) groups excluding carboxylic acids is 2. The van der Waals surface area contributed by atoms with Gasteiger partial charge in [0.2, 0.25) is 11.8 Å². The Labute approximate surface area is 95.7 Å². The monoisotopic (exact) mass is 224 g/mol. The van der Waals surface area contributed by atoms with E-state index in [0.29, 0.717) is 12.3 Å². The van der Waals surface area contributed by atoms with Gasteiger partial charge < -0.3 is 11.5 Å². The van der Waals surface area contributed by atoms with Crippen LogP contribution in [0, 0.1) is 22.2 Å². The maximum atomic E-state index is 11.8. The van der Waals surface area contributed by atoms with Gasteiger partial charge in [-0.25, -0.2) is 0 Å². The van der Waals surface area contributed by atoms with Crippen LogP contribution in [0.15, 0.2) is 0 Å². The highest BCUT2D eigenvalue weighted by Crippen LogP contribution is 2.73. The number of fused-ring (bicyclic) bond motifs is 2. The molecule has 4 heteroatoms. The van der Waals surface area contributed by atoms with E-state index in [1.807, 2.05) is 6.92 Å². The molecule has 0 radical (unpaired) electrons. The second-order valence-corrected chi connectivity index (χ2v) is 6.13. The SMILES string of the molecule is CC1(C)C2CCC1(C)C(C(N)=O)(C(N)=O)C2. The summed E-state index contributed by atoms with van der Waals surface area (Å²) in [6.45, 7) is 6.24. The van der Waals surface area contributed by atoms with Gasteiger partial charge in [0, 0.05) is 0 Å². The minimum Gasteiger partial charge on any atom is -0.369 e. The molecule has 0 saturated heterocycles. The van der Waals surface area contributed by atoms with Crippen LogP contribution in [0.4, 0.5) is 0 Å². The molecule has 2 unspecified atom stereocenters. The van der Waals surface area contributed by atoms with Gasteiger partial charge in [-0.1, -0.05) is 20.8 Å². The summed E-state index contributed by atoms with van der Waals surface area (Å²) in [5, 5.41) is 0. The Kier molecular flexibility index (Phi) is 1.99. The van der Waals surface area contributed by atoms with Crippen LogP contribution in [0.25, 0.3) is 0 Å². The number of primary amides is 2. The van der Waals surface area contributed by atoms with E-state index in [2.05, 4.69) is 13.8 Å². The Morgan fingerprint density at radius 3 is 1.81 bits per heavy atom. The molecule has 2 atom stereocenters. The first-order valence-corrected chi connectivity index (χ1v) is 5.80. The summed E-state index contributed by atoms with van der Waals surface area (Å²) in [5.41, 5.74) is 9.40. The maximum Gasteiger partial charge on any atom is 0.233 e. The Morgan fingerprint density at radius 1 is 1.12 bits per heavy atom. The fourth-order valence-corrected chi connectivity index (χ4v) is 4.18. The molecule has 2 rings (SSSR count). The number of amides is 2. The van der Waals surface area contributed by atoms with Crippen molar-refractivity contribution in [1.82, 2.24) is 0 Å². The van der Waals surface area contributed by atoms with E-state index in [4.69, 9.17) is 11.5 Å². The summed E-state index contributed by atoms with van der Waals surface area (Å²) < 4.78 is 0. The van der Waals surface area contributed by atoms with E-state index < -0.39 is 17.2 Å². The third kappa shape index (κ3) is 0.874. The van der Waals surface area contributed by atoms with Crippen LogP contribution in [0.3, 0.4) is 0 Å². The van der Waals surface area contributed by atoms with Crippen molar-refractivity contribution >= 4 is 11.8 Å². The first-order chi connectivity index (χ1) is 7.20. The van der Waals surface area contributed by atoms with Crippen molar-refractivity contribution in [2.24, 2.45) is 33.6 Å². The molecule has 4 nitrogen and oxygen atoms in total. The van der Waals surface area contributed by atoms with Crippen molar-refractivity contribution in [3.63, 3.8) is 0 Å². The lowest BCUT2D eigenvalue weighted by molar-refractivity contribution is -0.150. The van der Waals surface area contributed by atoms with Crippen LogP contribution >= 0.6 is 0 Å². The Hall–Kier alpha value is -1.06. The summed E-state index contributed by atoms with van der Waals surface area (Å²) >= 11 is 0. The van der Waals surface area contributed by atoms with Crippen LogP contribution in [0.1, 0.15) is 40.0 Å². The van der Waals surface area contributed by atoms with Gasteiger partial charge in [0.15, 0.2) is 0 Å². The molecule has 2 bridgehead atoms. The molecule has 0 aromatic rings. The van der Waals surface area contributed by atoms with E-state index in [0.717, 1.165) is 12.8 Å². The van der Waals surface area contributed by atoms with E-state index in [1.54, 1.807) is 0 Å². The van der Waals surface area contributed by atoms with Crippen molar-refractivity contribution in [3.05, 3.63) is 0 Å². The minimum absolute atomic E-state index is 0.0446. The van der Waals surface area contributed by atoms with Gasteiger partial charge in [-0.15, -0.1) is 0 Å². The number of nitrogens with two attached hydrogens (primary N) is 2. The van der Waals surface area contributed by atoms with Gasteiger partial charge in [0.1, 0.15) is 5.41 Å². The summed E-state index contributed by atoms with van der Waals surface area (Å²) in [6.07, 6.45) is 2.45. The molecule has 4 N–H and O–H groups in total. The summed E-state index contributed by atoms with van der Waals surface area (Å²) in [6, 6.07) is 0. The molecular weight excluding hydrogens is 204 g/mol. The number of hydrogen-bond acceptors (Lipinski definition) is 2. The number of hydrogen-bond donors (Lipinski definition) is 2. The lowest BCUT2D eigenvalue weighted by Crippen LogP contribution is -2.57. The number of carbonyl (C=O) groups is 2. The average Bonchev–Trinajstić information content (AvgIpc) is 2.46. The molecular formula is C12H20N2O2. The molecule has 2 saturated carbocycles. The minimum atomic E-state index is -1.14. The zero-order valence-corrected chi connectivity index (χ0v) is 10.2. The standard InChI is InChI=1S/C12H20N2O2/c1-10(2)7-4-5-11(10,3)12(6-7,8(13)15)9(14)16/h7H,4-6H2,1-3H3,(H2,13,15)(H2,14,16). The maximum absolute atomic E-state index is 11.8. The zero-order chi connectivity index (χ0) is 12.4. The van der Waals surface area contributed by atoms with Gasteiger partial charge in [-0.05, 0) is 36.0 Å². The highest BCUT2D eigenvalue weighted by Gasteiger charge is 2.73. The molecule has 0 spiro atoms. The predicted molar refractivity (Wildman–Crippen MR) is 60.1 cm³/mol. The predicted octanol–water partition coefficient (Wildman–Crippen LogP) is 0.790. The van der Waals surface area contributed by atoms with Gasteiger partial charge in [0.05, 0.1) is 0 Å². The topological polar surface area (TPSA) is 86.2 Å². The zero-order valence-electron chi connectivity index (χ0n) is 10.2. The fraction of sp³-hybridized carbons (Fsp3) is 0.833. The molecule has 16 heavy (non-hydrogen) atoms. The average molecular weight is 224 g/mol. The Bertz CT molecular complexity index is 361. The Balaban J connectivity index is 2.62. The van der Waals surface area contributed by atoms with Crippen LogP contribution < -0.4 is 11.5 Å². The van der Waals surface area contributed by atoms with E-state index in [-0.39, 0.29) is 10.8 Å². The van der Waals surface area contributed by atoms with Crippen molar-refractivity contribution in [1.29, 1.82) is 0 Å². The van der Waals surface area contributed by atoms with Crippen LogP contribution in [0.2, 0.25) is 0 Å². The Morgan fingerprint density at radius 2 is 1.62 bits per heavy atom. The third-order valence-corrected chi connectivity index (χ3v) is 5.77. The lowest BCUT2D eigenvalue weighted by Gasteiger charge is -2.44. The molecule has 2 aliphatic carbocycles. The van der Waals surface area contributed by atoms with Gasteiger partial charge >= 0.3 is 0 Å². The van der Waals surface area contributed by atoms with E-state index >= 15 is 0 Å². The lowest BCUT2D eigenvalue weighted by atomic mass is 9.57. The second-order valence-electron chi connectivity index (χ2n) is 6.13. The highest BCUT2D eigenvalue weighted by molar-refractivity contribution is 6.05. The highest BCUT2D eigenvalue weighted by atomic mass is 16.2. The van der Waals surface area contributed by atoms with Gasteiger partial charge in [0.25, 0.3) is 0 Å². The van der Waals surface area contributed by atoms with Crippen molar-refractivity contribution in [3.8, 4) is 0 Å². The molecule has 2 amide bonds. The normalized spacial score (nSPS) is 38.6. The summed E-state index contributed by atoms with van der Waals surface area (Å²) in [5.74, 6) is -0.715. The fourth-order valence-electron chi connectivity index (χ4n) is 4.18. The first kappa shape index (κ1) is 11.4. The summed E-state index contributed by atoms with van der Waals surface area (Å²) in [4.78, 5) is 23.5. The second kappa shape index (κ2) is 2.79. The molecule has 0 aromatic heterocycles. The van der Waals surface area contributed by atoms with Crippen molar-refractivity contribution in [2.45, 2.75) is 40.0 Å². The summed E-state index contributed by atoms with van der Waals surface area (Å²) in [7, 11) is 0. The van der Waals surface area contributed by atoms with Crippen molar-refractivity contribution in [2.75, 3.05) is 0 Å². The molecule has 2 aliphatic rings. The molecule has 0 heterocycles. The molecule has 2 fully saturated rings. The third-order valence-electron chi connectivity index (χ3n) is 5.77. The number of rotatable bonds is 2.